The maximum atomic E-state index is 6.14. The first kappa shape index (κ1) is 12.9. The van der Waals surface area contributed by atoms with Crippen LogP contribution in [0.5, 0.6) is 11.5 Å². The molecule has 1 aliphatic rings. The molecular formula is C14H22N2O2. The van der Waals surface area contributed by atoms with Crippen LogP contribution >= 0.6 is 0 Å². The Morgan fingerprint density at radius 3 is 2.44 bits per heavy atom. The van der Waals surface area contributed by atoms with E-state index >= 15 is 0 Å². The fourth-order valence-electron chi connectivity index (χ4n) is 2.59. The molecule has 2 rings (SSSR count). The van der Waals surface area contributed by atoms with Crippen LogP contribution in [0.1, 0.15) is 26.2 Å². The van der Waals surface area contributed by atoms with Crippen LogP contribution in [0.2, 0.25) is 0 Å². The molecule has 0 spiro atoms. The predicted octanol–water partition coefficient (Wildman–Crippen LogP) is 2.66. The van der Waals surface area contributed by atoms with Gasteiger partial charge in [-0.2, -0.15) is 0 Å². The molecule has 1 unspecified atom stereocenters. The molecular weight excluding hydrogens is 228 g/mol. The standard InChI is InChI=1S/C14H22N2O2/c1-10-6-4-5-7-16(10)12-9-14(18-3)13(17-2)8-11(12)15/h8-10H,4-7,15H2,1-3H3. The van der Waals surface area contributed by atoms with Crippen molar-refractivity contribution in [2.45, 2.75) is 32.2 Å². The molecule has 0 saturated carbocycles. The van der Waals surface area contributed by atoms with E-state index in [0.29, 0.717) is 11.8 Å². The average molecular weight is 250 g/mol. The first-order valence-electron chi connectivity index (χ1n) is 6.45. The Labute approximate surface area is 109 Å². The third-order valence-corrected chi connectivity index (χ3v) is 3.65. The van der Waals surface area contributed by atoms with Crippen molar-refractivity contribution in [2.24, 2.45) is 0 Å². The van der Waals surface area contributed by atoms with Gasteiger partial charge in [0.2, 0.25) is 0 Å². The molecule has 0 aliphatic carbocycles. The van der Waals surface area contributed by atoms with Crippen molar-refractivity contribution in [3.8, 4) is 11.5 Å². The van der Waals surface area contributed by atoms with Crippen LogP contribution in [-0.4, -0.2) is 26.8 Å². The molecule has 1 heterocycles. The van der Waals surface area contributed by atoms with E-state index < -0.39 is 0 Å². The van der Waals surface area contributed by atoms with E-state index in [0.717, 1.165) is 23.7 Å². The summed E-state index contributed by atoms with van der Waals surface area (Å²) in [7, 11) is 3.28. The smallest absolute Gasteiger partial charge is 0.162 e. The van der Waals surface area contributed by atoms with Crippen molar-refractivity contribution in [1.82, 2.24) is 0 Å². The Morgan fingerprint density at radius 1 is 1.17 bits per heavy atom. The summed E-state index contributed by atoms with van der Waals surface area (Å²) >= 11 is 0. The lowest BCUT2D eigenvalue weighted by molar-refractivity contribution is 0.355. The van der Waals surface area contributed by atoms with Crippen LogP contribution in [0.25, 0.3) is 0 Å². The highest BCUT2D eigenvalue weighted by atomic mass is 16.5. The molecule has 1 aliphatic heterocycles. The van der Waals surface area contributed by atoms with Crippen LogP contribution in [0, 0.1) is 0 Å². The molecule has 1 saturated heterocycles. The van der Waals surface area contributed by atoms with Gasteiger partial charge in [-0.3, -0.25) is 0 Å². The van der Waals surface area contributed by atoms with Gasteiger partial charge in [-0.25, -0.2) is 0 Å². The molecule has 0 bridgehead atoms. The Kier molecular flexibility index (Phi) is 3.84. The van der Waals surface area contributed by atoms with Gasteiger partial charge in [-0.15, -0.1) is 0 Å². The fraction of sp³-hybridized carbons (Fsp3) is 0.571. The SMILES string of the molecule is COc1cc(N)c(N2CCCCC2C)cc1OC. The van der Waals surface area contributed by atoms with E-state index in [1.54, 1.807) is 14.2 Å². The molecule has 1 aromatic rings. The van der Waals surface area contributed by atoms with Gasteiger partial charge >= 0.3 is 0 Å². The number of benzene rings is 1. The highest BCUT2D eigenvalue weighted by molar-refractivity contribution is 5.73. The molecule has 0 amide bonds. The lowest BCUT2D eigenvalue weighted by atomic mass is 10.0. The summed E-state index contributed by atoms with van der Waals surface area (Å²) < 4.78 is 10.6. The second kappa shape index (κ2) is 5.38. The Bertz CT molecular complexity index is 421. The van der Waals surface area contributed by atoms with E-state index in [4.69, 9.17) is 15.2 Å². The fourth-order valence-corrected chi connectivity index (χ4v) is 2.59. The second-order valence-electron chi connectivity index (χ2n) is 4.80. The summed E-state index contributed by atoms with van der Waals surface area (Å²) in [5, 5.41) is 0. The Hall–Kier alpha value is -1.58. The van der Waals surface area contributed by atoms with Crippen LogP contribution in [0.15, 0.2) is 12.1 Å². The average Bonchev–Trinajstić information content (AvgIpc) is 2.39. The number of hydrogen-bond donors (Lipinski definition) is 1. The maximum absolute atomic E-state index is 6.14. The van der Waals surface area contributed by atoms with E-state index in [-0.39, 0.29) is 0 Å². The van der Waals surface area contributed by atoms with E-state index in [1.807, 2.05) is 12.1 Å². The minimum atomic E-state index is 0.527. The third kappa shape index (κ3) is 2.33. The number of nitrogen functional groups attached to an aromatic ring is 1. The molecule has 0 aromatic heterocycles. The van der Waals surface area contributed by atoms with Crippen molar-refractivity contribution in [3.63, 3.8) is 0 Å². The molecule has 0 radical (unpaired) electrons. The molecule has 18 heavy (non-hydrogen) atoms. The monoisotopic (exact) mass is 250 g/mol. The first-order chi connectivity index (χ1) is 8.67. The van der Waals surface area contributed by atoms with Gasteiger partial charge in [0.1, 0.15) is 0 Å². The van der Waals surface area contributed by atoms with Crippen molar-refractivity contribution < 1.29 is 9.47 Å². The summed E-state index contributed by atoms with van der Waals surface area (Å²) in [6, 6.07) is 4.35. The maximum Gasteiger partial charge on any atom is 0.162 e. The molecule has 100 valence electrons. The zero-order chi connectivity index (χ0) is 13.1. The van der Waals surface area contributed by atoms with Crippen LogP contribution in [0.4, 0.5) is 11.4 Å². The second-order valence-corrected chi connectivity index (χ2v) is 4.80. The third-order valence-electron chi connectivity index (χ3n) is 3.65. The van der Waals surface area contributed by atoms with E-state index in [1.165, 1.54) is 19.3 Å². The summed E-state index contributed by atoms with van der Waals surface area (Å²) in [5.74, 6) is 1.42. The zero-order valence-electron chi connectivity index (χ0n) is 11.4. The molecule has 1 aromatic carbocycles. The number of anilines is 2. The van der Waals surface area contributed by atoms with Crippen LogP contribution in [0.3, 0.4) is 0 Å². The largest absolute Gasteiger partial charge is 0.493 e. The summed E-state index contributed by atoms with van der Waals surface area (Å²) in [6.07, 6.45) is 3.73. The van der Waals surface area contributed by atoms with Gasteiger partial charge in [0.05, 0.1) is 25.6 Å². The van der Waals surface area contributed by atoms with Gasteiger partial charge in [0.15, 0.2) is 11.5 Å². The molecule has 2 N–H and O–H groups in total. The predicted molar refractivity (Wildman–Crippen MR) is 74.6 cm³/mol. The highest BCUT2D eigenvalue weighted by Gasteiger charge is 2.22. The quantitative estimate of drug-likeness (QED) is 0.838. The normalized spacial score (nSPS) is 19.7. The first-order valence-corrected chi connectivity index (χ1v) is 6.45. The van der Waals surface area contributed by atoms with Crippen molar-refractivity contribution in [3.05, 3.63) is 12.1 Å². The van der Waals surface area contributed by atoms with Crippen molar-refractivity contribution in [2.75, 3.05) is 31.4 Å². The van der Waals surface area contributed by atoms with Crippen LogP contribution in [-0.2, 0) is 0 Å². The minimum Gasteiger partial charge on any atom is -0.493 e. The number of rotatable bonds is 3. The Balaban J connectivity index is 2.37. The number of nitrogens with zero attached hydrogens (tertiary/aromatic N) is 1. The van der Waals surface area contributed by atoms with Gasteiger partial charge in [0, 0.05) is 24.7 Å². The van der Waals surface area contributed by atoms with E-state index in [9.17, 15) is 0 Å². The van der Waals surface area contributed by atoms with Gasteiger partial charge < -0.3 is 20.1 Å². The Morgan fingerprint density at radius 2 is 1.83 bits per heavy atom. The van der Waals surface area contributed by atoms with Gasteiger partial charge in [0.25, 0.3) is 0 Å². The lowest BCUT2D eigenvalue weighted by Crippen LogP contribution is -2.37. The van der Waals surface area contributed by atoms with Crippen molar-refractivity contribution >= 4 is 11.4 Å². The number of nitrogens with two attached hydrogens (primary N) is 1. The summed E-state index contributed by atoms with van der Waals surface area (Å²) in [5.41, 5.74) is 7.94. The number of methoxy groups -OCH3 is 2. The van der Waals surface area contributed by atoms with Crippen LogP contribution < -0.4 is 20.1 Å². The van der Waals surface area contributed by atoms with Gasteiger partial charge in [-0.1, -0.05) is 0 Å². The number of ether oxygens (including phenoxy) is 2. The topological polar surface area (TPSA) is 47.7 Å². The number of piperidine rings is 1. The molecule has 1 fully saturated rings. The van der Waals surface area contributed by atoms with Crippen molar-refractivity contribution in [1.29, 1.82) is 0 Å². The molecule has 4 heteroatoms. The van der Waals surface area contributed by atoms with Gasteiger partial charge in [-0.05, 0) is 26.2 Å². The zero-order valence-corrected chi connectivity index (χ0v) is 11.4. The molecule has 4 nitrogen and oxygen atoms in total. The lowest BCUT2D eigenvalue weighted by Gasteiger charge is -2.36. The highest BCUT2D eigenvalue weighted by Crippen LogP contribution is 2.38. The molecule has 1 atom stereocenters. The summed E-state index contributed by atoms with van der Waals surface area (Å²) in [4.78, 5) is 2.36. The minimum absolute atomic E-state index is 0.527. The summed E-state index contributed by atoms with van der Waals surface area (Å²) in [6.45, 7) is 3.30. The number of hydrogen-bond acceptors (Lipinski definition) is 4. The van der Waals surface area contributed by atoms with E-state index in [2.05, 4.69) is 11.8 Å².